The van der Waals surface area contributed by atoms with Crippen molar-refractivity contribution in [2.45, 2.75) is 61.5 Å². The van der Waals surface area contributed by atoms with Crippen molar-refractivity contribution in [3.63, 3.8) is 0 Å². The fourth-order valence-electron chi connectivity index (χ4n) is 3.53. The molecule has 3 aliphatic rings. The second kappa shape index (κ2) is 4.34. The van der Waals surface area contributed by atoms with Crippen molar-refractivity contribution in [1.29, 1.82) is 0 Å². The van der Waals surface area contributed by atoms with Gasteiger partial charge in [-0.15, -0.1) is 0 Å². The molecule has 3 aliphatic heterocycles. The summed E-state index contributed by atoms with van der Waals surface area (Å²) in [6, 6.07) is 1.69. The van der Waals surface area contributed by atoms with Crippen LogP contribution in [0.15, 0.2) is 0 Å². The molecule has 0 spiro atoms. The first-order valence-corrected chi connectivity index (χ1v) is 7.26. The third-order valence-electron chi connectivity index (χ3n) is 4.27. The molecule has 86 valence electrons. The molecule has 3 heterocycles. The number of alkyl halides is 1. The van der Waals surface area contributed by atoms with E-state index in [1.807, 2.05) is 0 Å². The molecule has 15 heavy (non-hydrogen) atoms. The number of nitrogens with zero attached hydrogens (tertiary/aromatic N) is 1. The van der Waals surface area contributed by atoms with E-state index in [1.54, 1.807) is 0 Å². The minimum Gasteiger partial charge on any atom is -0.377 e. The predicted molar refractivity (Wildman–Crippen MR) is 64.4 cm³/mol. The number of hydrogen-bond donors (Lipinski definition) is 0. The van der Waals surface area contributed by atoms with Crippen LogP contribution in [-0.2, 0) is 4.74 Å². The summed E-state index contributed by atoms with van der Waals surface area (Å²) in [4.78, 5) is 3.52. The Bertz CT molecular complexity index is 216. The molecule has 0 amide bonds. The predicted octanol–water partition coefficient (Wildman–Crippen LogP) is 2.56. The fourth-order valence-corrected chi connectivity index (χ4v) is 4.39. The number of halogens is 1. The van der Waals surface area contributed by atoms with Crippen molar-refractivity contribution in [3.8, 4) is 0 Å². The molecule has 0 radical (unpaired) electrons. The topological polar surface area (TPSA) is 12.5 Å². The van der Waals surface area contributed by atoms with Gasteiger partial charge in [0.05, 0.1) is 6.10 Å². The van der Waals surface area contributed by atoms with Gasteiger partial charge in [-0.2, -0.15) is 0 Å². The Morgan fingerprint density at radius 2 is 1.87 bits per heavy atom. The molecule has 3 saturated heterocycles. The second-order valence-corrected chi connectivity index (χ2v) is 6.58. The van der Waals surface area contributed by atoms with Crippen LogP contribution in [0.3, 0.4) is 0 Å². The standard InChI is InChI=1S/C12H20BrNO/c13-9-6-10-3-4-11(7-9)14(10)8-12-2-1-5-15-12/h9-12H,1-8H2. The fraction of sp³-hybridized carbons (Fsp3) is 1.00. The molecule has 3 heteroatoms. The monoisotopic (exact) mass is 273 g/mol. The largest absolute Gasteiger partial charge is 0.377 e. The average Bonchev–Trinajstić information content (AvgIpc) is 2.77. The highest BCUT2D eigenvalue weighted by Crippen LogP contribution is 2.38. The van der Waals surface area contributed by atoms with Crippen LogP contribution in [-0.4, -0.2) is 41.1 Å². The lowest BCUT2D eigenvalue weighted by atomic mass is 10.0. The summed E-state index contributed by atoms with van der Waals surface area (Å²) < 4.78 is 5.75. The number of ether oxygens (including phenoxy) is 1. The molecule has 0 N–H and O–H groups in total. The molecule has 0 saturated carbocycles. The lowest BCUT2D eigenvalue weighted by molar-refractivity contribution is 0.0420. The molecule has 0 aromatic heterocycles. The minimum absolute atomic E-state index is 0.542. The van der Waals surface area contributed by atoms with Crippen LogP contribution >= 0.6 is 15.9 Å². The van der Waals surface area contributed by atoms with E-state index in [-0.39, 0.29) is 0 Å². The lowest BCUT2D eigenvalue weighted by Gasteiger charge is -2.38. The Morgan fingerprint density at radius 1 is 1.13 bits per heavy atom. The van der Waals surface area contributed by atoms with Crippen molar-refractivity contribution >= 4 is 15.9 Å². The molecule has 0 aromatic rings. The van der Waals surface area contributed by atoms with Crippen molar-refractivity contribution < 1.29 is 4.74 Å². The van der Waals surface area contributed by atoms with Gasteiger partial charge in [-0.25, -0.2) is 0 Å². The number of hydrogen-bond acceptors (Lipinski definition) is 2. The number of fused-ring (bicyclic) bond motifs is 2. The van der Waals surface area contributed by atoms with E-state index in [0.29, 0.717) is 6.10 Å². The normalized spacial score (nSPS) is 46.2. The van der Waals surface area contributed by atoms with E-state index < -0.39 is 0 Å². The van der Waals surface area contributed by atoms with E-state index in [9.17, 15) is 0 Å². The van der Waals surface area contributed by atoms with Crippen molar-refractivity contribution in [3.05, 3.63) is 0 Å². The Morgan fingerprint density at radius 3 is 2.47 bits per heavy atom. The van der Waals surface area contributed by atoms with E-state index in [2.05, 4.69) is 20.8 Å². The van der Waals surface area contributed by atoms with Crippen LogP contribution in [0.2, 0.25) is 0 Å². The van der Waals surface area contributed by atoms with Crippen LogP contribution in [0.4, 0.5) is 0 Å². The summed E-state index contributed by atoms with van der Waals surface area (Å²) in [7, 11) is 0. The molecule has 3 atom stereocenters. The lowest BCUT2D eigenvalue weighted by Crippen LogP contribution is -2.46. The molecular weight excluding hydrogens is 254 g/mol. The molecule has 3 unspecified atom stereocenters. The van der Waals surface area contributed by atoms with Gasteiger partial charge in [0, 0.05) is 30.1 Å². The van der Waals surface area contributed by atoms with Gasteiger partial charge in [-0.05, 0) is 38.5 Å². The highest BCUT2D eigenvalue weighted by molar-refractivity contribution is 9.09. The number of piperidine rings is 1. The van der Waals surface area contributed by atoms with Gasteiger partial charge in [0.15, 0.2) is 0 Å². The molecule has 0 aromatic carbocycles. The summed E-state index contributed by atoms with van der Waals surface area (Å²) in [6.45, 7) is 2.20. The van der Waals surface area contributed by atoms with Crippen LogP contribution in [0.1, 0.15) is 38.5 Å². The maximum atomic E-state index is 5.75. The molecule has 2 nitrogen and oxygen atoms in total. The first kappa shape index (κ1) is 10.5. The van der Waals surface area contributed by atoms with Crippen LogP contribution < -0.4 is 0 Å². The summed E-state index contributed by atoms with van der Waals surface area (Å²) >= 11 is 3.79. The zero-order chi connectivity index (χ0) is 10.3. The first-order chi connectivity index (χ1) is 7.33. The van der Waals surface area contributed by atoms with Gasteiger partial charge in [-0.3, -0.25) is 4.90 Å². The Balaban J connectivity index is 1.61. The van der Waals surface area contributed by atoms with Crippen molar-refractivity contribution in [2.75, 3.05) is 13.2 Å². The maximum absolute atomic E-state index is 5.75. The highest BCUT2D eigenvalue weighted by Gasteiger charge is 2.40. The molecule has 3 fully saturated rings. The Kier molecular flexibility index (Phi) is 3.05. The molecular formula is C12H20BrNO. The first-order valence-electron chi connectivity index (χ1n) is 6.34. The summed E-state index contributed by atoms with van der Waals surface area (Å²) in [5.74, 6) is 0. The Labute approximate surface area is 100 Å². The second-order valence-electron chi connectivity index (χ2n) is 5.29. The average molecular weight is 274 g/mol. The van der Waals surface area contributed by atoms with Gasteiger partial charge < -0.3 is 4.74 Å². The van der Waals surface area contributed by atoms with E-state index in [4.69, 9.17) is 4.74 Å². The van der Waals surface area contributed by atoms with Crippen molar-refractivity contribution in [2.24, 2.45) is 0 Å². The highest BCUT2D eigenvalue weighted by atomic mass is 79.9. The van der Waals surface area contributed by atoms with Gasteiger partial charge >= 0.3 is 0 Å². The van der Waals surface area contributed by atoms with Crippen LogP contribution in [0.5, 0.6) is 0 Å². The Hall–Kier alpha value is 0.400. The third kappa shape index (κ3) is 2.11. The summed E-state index contributed by atoms with van der Waals surface area (Å²) in [6.07, 6.45) is 8.63. The van der Waals surface area contributed by atoms with Crippen molar-refractivity contribution in [1.82, 2.24) is 4.90 Å². The smallest absolute Gasteiger partial charge is 0.0703 e. The molecule has 0 aliphatic carbocycles. The van der Waals surface area contributed by atoms with Crippen LogP contribution in [0, 0.1) is 0 Å². The third-order valence-corrected chi connectivity index (χ3v) is 5.01. The maximum Gasteiger partial charge on any atom is 0.0703 e. The number of rotatable bonds is 2. The zero-order valence-corrected chi connectivity index (χ0v) is 10.8. The molecule has 3 rings (SSSR count). The van der Waals surface area contributed by atoms with Gasteiger partial charge in [0.2, 0.25) is 0 Å². The quantitative estimate of drug-likeness (QED) is 0.718. The SMILES string of the molecule is BrC1CC2CCC(C1)N2CC1CCCO1. The van der Waals surface area contributed by atoms with E-state index in [1.165, 1.54) is 45.1 Å². The summed E-state index contributed by atoms with van der Waals surface area (Å²) in [5.41, 5.74) is 0. The van der Waals surface area contributed by atoms with E-state index >= 15 is 0 Å². The van der Waals surface area contributed by atoms with E-state index in [0.717, 1.165) is 23.5 Å². The van der Waals surface area contributed by atoms with Gasteiger partial charge in [0.1, 0.15) is 0 Å². The van der Waals surface area contributed by atoms with Gasteiger partial charge in [0.25, 0.3) is 0 Å². The summed E-state index contributed by atoms with van der Waals surface area (Å²) in [5, 5.41) is 0. The minimum atomic E-state index is 0.542. The molecule has 2 bridgehead atoms. The van der Waals surface area contributed by atoms with Crippen LogP contribution in [0.25, 0.3) is 0 Å². The van der Waals surface area contributed by atoms with Gasteiger partial charge in [-0.1, -0.05) is 15.9 Å². The zero-order valence-electron chi connectivity index (χ0n) is 9.20.